The van der Waals surface area contributed by atoms with Gasteiger partial charge in [0.2, 0.25) is 0 Å². The molecule has 1 fully saturated rings. The molecule has 1 aromatic heterocycles. The van der Waals surface area contributed by atoms with Crippen molar-refractivity contribution in [3.05, 3.63) is 46.4 Å². The van der Waals surface area contributed by atoms with E-state index < -0.39 is 0 Å². The number of benzene rings is 1. The minimum Gasteiger partial charge on any atom is -0.335 e. The maximum atomic E-state index is 12.4. The van der Waals surface area contributed by atoms with E-state index in [1.165, 1.54) is 0 Å². The minimum atomic E-state index is -0.201. The van der Waals surface area contributed by atoms with Gasteiger partial charge in [-0.25, -0.2) is 0 Å². The van der Waals surface area contributed by atoms with Gasteiger partial charge >= 0.3 is 0 Å². The molecule has 0 unspecified atom stereocenters. The second kappa shape index (κ2) is 4.53. The van der Waals surface area contributed by atoms with Gasteiger partial charge in [0, 0.05) is 18.0 Å². The van der Waals surface area contributed by atoms with Gasteiger partial charge < -0.3 is 9.88 Å². The highest BCUT2D eigenvalue weighted by atomic mass is 16.2. The van der Waals surface area contributed by atoms with Gasteiger partial charge in [-0.15, -0.1) is 0 Å². The molecule has 1 N–H and O–H groups in total. The number of hydrogen-bond acceptors (Lipinski definition) is 2. The number of rotatable bonds is 3. The molecule has 4 heteroatoms. The standard InChI is InChI=1S/C15H16N2O2/c1-2-17(11-7-8-11)15(19)13-9-10-5-3-4-6-12(10)14(18)16-13/h3-6,9,11H,2,7-8H2,1H3,(H,16,18). The molecule has 98 valence electrons. The number of nitrogens with one attached hydrogen (secondary N) is 1. The van der Waals surface area contributed by atoms with Crippen LogP contribution in [0.1, 0.15) is 30.3 Å². The summed E-state index contributed by atoms with van der Waals surface area (Å²) in [6.07, 6.45) is 2.13. The largest absolute Gasteiger partial charge is 0.335 e. The maximum absolute atomic E-state index is 12.4. The molecule has 19 heavy (non-hydrogen) atoms. The summed E-state index contributed by atoms with van der Waals surface area (Å²) in [6, 6.07) is 9.43. The van der Waals surface area contributed by atoms with Gasteiger partial charge in [-0.05, 0) is 37.3 Å². The van der Waals surface area contributed by atoms with Gasteiger partial charge in [0.15, 0.2) is 0 Å². The van der Waals surface area contributed by atoms with Crippen molar-refractivity contribution < 1.29 is 4.79 Å². The summed E-state index contributed by atoms with van der Waals surface area (Å²) < 4.78 is 0. The highest BCUT2D eigenvalue weighted by molar-refractivity contribution is 5.96. The van der Waals surface area contributed by atoms with Crippen molar-refractivity contribution in [2.45, 2.75) is 25.8 Å². The summed E-state index contributed by atoms with van der Waals surface area (Å²) in [5, 5.41) is 1.43. The summed E-state index contributed by atoms with van der Waals surface area (Å²) >= 11 is 0. The van der Waals surface area contributed by atoms with Gasteiger partial charge in [0.05, 0.1) is 0 Å². The van der Waals surface area contributed by atoms with Gasteiger partial charge in [-0.1, -0.05) is 18.2 Å². The first kappa shape index (κ1) is 12.0. The molecule has 0 saturated heterocycles. The molecule has 1 aromatic carbocycles. The molecule has 1 heterocycles. The van der Waals surface area contributed by atoms with Crippen LogP contribution in [0.5, 0.6) is 0 Å². The quantitative estimate of drug-likeness (QED) is 0.914. The number of aromatic nitrogens is 1. The highest BCUT2D eigenvalue weighted by Gasteiger charge is 2.32. The monoisotopic (exact) mass is 256 g/mol. The molecule has 1 aliphatic carbocycles. The van der Waals surface area contributed by atoms with Crippen molar-refractivity contribution in [3.63, 3.8) is 0 Å². The van der Waals surface area contributed by atoms with Crippen LogP contribution in [0.2, 0.25) is 0 Å². The molecule has 4 nitrogen and oxygen atoms in total. The average molecular weight is 256 g/mol. The number of amides is 1. The van der Waals surface area contributed by atoms with Crippen LogP contribution in [0, 0.1) is 0 Å². The van der Waals surface area contributed by atoms with Gasteiger partial charge in [0.1, 0.15) is 5.69 Å². The fourth-order valence-corrected chi connectivity index (χ4v) is 2.43. The SMILES string of the molecule is CCN(C(=O)c1cc2ccccc2c(=O)[nH]1)C1CC1. The summed E-state index contributed by atoms with van der Waals surface area (Å²) in [7, 11) is 0. The number of H-pyrrole nitrogens is 1. The lowest BCUT2D eigenvalue weighted by Crippen LogP contribution is -2.34. The molecule has 0 atom stereocenters. The number of pyridine rings is 1. The topological polar surface area (TPSA) is 53.2 Å². The number of hydrogen-bond donors (Lipinski definition) is 1. The zero-order valence-electron chi connectivity index (χ0n) is 10.8. The third-order valence-electron chi connectivity index (χ3n) is 3.57. The predicted molar refractivity (Wildman–Crippen MR) is 74.3 cm³/mol. The highest BCUT2D eigenvalue weighted by Crippen LogP contribution is 2.27. The Morgan fingerprint density at radius 3 is 2.79 bits per heavy atom. The average Bonchev–Trinajstić information content (AvgIpc) is 3.24. The minimum absolute atomic E-state index is 0.0761. The fraction of sp³-hybridized carbons (Fsp3) is 0.333. The number of nitrogens with zero attached hydrogens (tertiary/aromatic N) is 1. The lowest BCUT2D eigenvalue weighted by molar-refractivity contribution is 0.0746. The van der Waals surface area contributed by atoms with Crippen molar-refractivity contribution in [1.29, 1.82) is 0 Å². The summed E-state index contributed by atoms with van der Waals surface area (Å²) in [5.41, 5.74) is 0.186. The van der Waals surface area contributed by atoms with E-state index in [2.05, 4.69) is 4.98 Å². The lowest BCUT2D eigenvalue weighted by atomic mass is 10.1. The normalized spacial score (nSPS) is 14.6. The number of aromatic amines is 1. The third-order valence-corrected chi connectivity index (χ3v) is 3.57. The Morgan fingerprint density at radius 1 is 1.37 bits per heavy atom. The van der Waals surface area contributed by atoms with E-state index in [-0.39, 0.29) is 11.5 Å². The molecule has 1 aliphatic rings. The van der Waals surface area contributed by atoms with E-state index in [1.54, 1.807) is 12.1 Å². The molecule has 0 bridgehead atoms. The van der Waals surface area contributed by atoms with Gasteiger partial charge in [-0.3, -0.25) is 9.59 Å². The van der Waals surface area contributed by atoms with Crippen LogP contribution < -0.4 is 5.56 Å². The second-order valence-corrected chi connectivity index (χ2v) is 4.92. The first-order valence-electron chi connectivity index (χ1n) is 6.63. The van der Waals surface area contributed by atoms with Crippen LogP contribution in [0.3, 0.4) is 0 Å². The molecule has 0 aliphatic heterocycles. The molecular weight excluding hydrogens is 240 g/mol. The summed E-state index contributed by atoms with van der Waals surface area (Å²) in [6.45, 7) is 2.65. The second-order valence-electron chi connectivity index (χ2n) is 4.92. The van der Waals surface area contributed by atoms with E-state index >= 15 is 0 Å². The van der Waals surface area contributed by atoms with E-state index in [0.717, 1.165) is 18.2 Å². The molecule has 1 amide bonds. The maximum Gasteiger partial charge on any atom is 0.270 e. The Bertz CT molecular complexity index is 686. The Hall–Kier alpha value is -2.10. The molecule has 1 saturated carbocycles. The summed E-state index contributed by atoms with van der Waals surface area (Å²) in [5.74, 6) is -0.0761. The van der Waals surface area contributed by atoms with Crippen LogP contribution in [0.15, 0.2) is 35.1 Å². The zero-order chi connectivity index (χ0) is 13.4. The predicted octanol–water partition coefficient (Wildman–Crippen LogP) is 2.15. The number of carbonyl (C=O) groups is 1. The number of carbonyl (C=O) groups excluding carboxylic acids is 1. The van der Waals surface area contributed by atoms with E-state index in [1.807, 2.05) is 30.0 Å². The molecule has 0 spiro atoms. The first-order chi connectivity index (χ1) is 9.20. The van der Waals surface area contributed by atoms with Crippen LogP contribution in [-0.2, 0) is 0 Å². The molecule has 3 rings (SSSR count). The van der Waals surface area contributed by atoms with Gasteiger partial charge in [0.25, 0.3) is 11.5 Å². The van der Waals surface area contributed by atoms with Crippen molar-refractivity contribution in [3.8, 4) is 0 Å². The van der Waals surface area contributed by atoms with Crippen molar-refractivity contribution in [2.75, 3.05) is 6.54 Å². The smallest absolute Gasteiger partial charge is 0.270 e. The van der Waals surface area contributed by atoms with E-state index in [0.29, 0.717) is 23.7 Å². The van der Waals surface area contributed by atoms with E-state index in [4.69, 9.17) is 0 Å². The van der Waals surface area contributed by atoms with E-state index in [9.17, 15) is 9.59 Å². The van der Waals surface area contributed by atoms with Crippen LogP contribution >= 0.6 is 0 Å². The fourth-order valence-electron chi connectivity index (χ4n) is 2.43. The Kier molecular flexibility index (Phi) is 2.85. The molecular formula is C15H16N2O2. The Balaban J connectivity index is 2.05. The number of fused-ring (bicyclic) bond motifs is 1. The lowest BCUT2D eigenvalue weighted by Gasteiger charge is -2.20. The van der Waals surface area contributed by atoms with Crippen molar-refractivity contribution >= 4 is 16.7 Å². The first-order valence-corrected chi connectivity index (χ1v) is 6.63. The molecule has 0 radical (unpaired) electrons. The Morgan fingerprint density at radius 2 is 2.11 bits per heavy atom. The zero-order valence-corrected chi connectivity index (χ0v) is 10.8. The van der Waals surface area contributed by atoms with Crippen molar-refractivity contribution in [2.24, 2.45) is 0 Å². The van der Waals surface area contributed by atoms with Crippen LogP contribution in [-0.4, -0.2) is 28.4 Å². The van der Waals surface area contributed by atoms with Crippen LogP contribution in [0.4, 0.5) is 0 Å². The third kappa shape index (κ3) is 2.14. The summed E-state index contributed by atoms with van der Waals surface area (Å²) in [4.78, 5) is 28.9. The molecule has 2 aromatic rings. The Labute approximate surface area is 111 Å². The van der Waals surface area contributed by atoms with Crippen LogP contribution in [0.25, 0.3) is 10.8 Å². The van der Waals surface area contributed by atoms with Gasteiger partial charge in [-0.2, -0.15) is 0 Å². The van der Waals surface area contributed by atoms with Crippen molar-refractivity contribution in [1.82, 2.24) is 9.88 Å².